The number of hydrogen-bond donors (Lipinski definition) is 1. The summed E-state index contributed by atoms with van der Waals surface area (Å²) in [5, 5.41) is 3.40. The molecule has 1 aromatic carbocycles. The average Bonchev–Trinajstić information content (AvgIpc) is 2.76. The molecule has 1 saturated carbocycles. The third-order valence-electron chi connectivity index (χ3n) is 4.71. The van der Waals surface area contributed by atoms with Crippen LogP contribution < -0.4 is 10.1 Å². The highest BCUT2D eigenvalue weighted by molar-refractivity contribution is 5.33. The summed E-state index contributed by atoms with van der Waals surface area (Å²) in [6, 6.07) is 8.49. The predicted molar refractivity (Wildman–Crippen MR) is 85.3 cm³/mol. The van der Waals surface area contributed by atoms with Crippen LogP contribution >= 0.6 is 0 Å². The smallest absolute Gasteiger partial charge is 0.122 e. The van der Waals surface area contributed by atoms with Crippen molar-refractivity contribution in [1.82, 2.24) is 5.32 Å². The molecule has 0 heterocycles. The number of para-hydroxylation sites is 1. The van der Waals surface area contributed by atoms with E-state index < -0.39 is 0 Å². The Kier molecular flexibility index (Phi) is 6.38. The third kappa shape index (κ3) is 4.24. The van der Waals surface area contributed by atoms with Gasteiger partial charge in [-0.2, -0.15) is 0 Å². The molecule has 2 heteroatoms. The number of ether oxygens (including phenoxy) is 1. The molecular formula is C18H29NO. The van der Waals surface area contributed by atoms with Crippen LogP contribution in [0, 0.1) is 11.8 Å². The van der Waals surface area contributed by atoms with Gasteiger partial charge in [0, 0.05) is 0 Å². The molecule has 20 heavy (non-hydrogen) atoms. The molecule has 1 atom stereocenters. The molecular weight excluding hydrogens is 246 g/mol. The summed E-state index contributed by atoms with van der Waals surface area (Å²) < 4.78 is 5.52. The molecule has 1 aliphatic rings. The van der Waals surface area contributed by atoms with Crippen molar-refractivity contribution in [3.8, 4) is 5.75 Å². The predicted octanol–water partition coefficient (Wildman–Crippen LogP) is 4.04. The molecule has 0 bridgehead atoms. The van der Waals surface area contributed by atoms with Crippen molar-refractivity contribution in [1.29, 1.82) is 0 Å². The van der Waals surface area contributed by atoms with Gasteiger partial charge >= 0.3 is 0 Å². The van der Waals surface area contributed by atoms with Crippen LogP contribution in [0.5, 0.6) is 5.75 Å². The van der Waals surface area contributed by atoms with Crippen LogP contribution in [0.3, 0.4) is 0 Å². The topological polar surface area (TPSA) is 21.3 Å². The van der Waals surface area contributed by atoms with E-state index in [1.54, 1.807) is 7.11 Å². The van der Waals surface area contributed by atoms with Crippen molar-refractivity contribution in [2.45, 2.75) is 44.9 Å². The molecule has 112 valence electrons. The summed E-state index contributed by atoms with van der Waals surface area (Å²) in [6.07, 6.45) is 9.63. The fraction of sp³-hybridized carbons (Fsp3) is 0.667. The van der Waals surface area contributed by atoms with Gasteiger partial charge in [0.15, 0.2) is 0 Å². The quantitative estimate of drug-likeness (QED) is 0.791. The zero-order valence-corrected chi connectivity index (χ0v) is 13.0. The second-order valence-electron chi connectivity index (χ2n) is 6.09. The van der Waals surface area contributed by atoms with Gasteiger partial charge in [0.1, 0.15) is 5.75 Å². The van der Waals surface area contributed by atoms with Crippen LogP contribution in [-0.2, 0) is 6.42 Å². The second kappa shape index (κ2) is 8.31. The maximum Gasteiger partial charge on any atom is 0.122 e. The van der Waals surface area contributed by atoms with Crippen molar-refractivity contribution in [2.24, 2.45) is 11.8 Å². The minimum absolute atomic E-state index is 0.731. The van der Waals surface area contributed by atoms with Gasteiger partial charge in [0.25, 0.3) is 0 Å². The van der Waals surface area contributed by atoms with Crippen LogP contribution in [-0.4, -0.2) is 20.7 Å². The van der Waals surface area contributed by atoms with Crippen molar-refractivity contribution < 1.29 is 4.74 Å². The molecule has 0 spiro atoms. The van der Waals surface area contributed by atoms with Gasteiger partial charge in [-0.3, -0.25) is 0 Å². The van der Waals surface area contributed by atoms with Crippen molar-refractivity contribution >= 4 is 0 Å². The summed E-state index contributed by atoms with van der Waals surface area (Å²) in [6.45, 7) is 1.11. The molecule has 0 amide bonds. The van der Waals surface area contributed by atoms with Crippen molar-refractivity contribution in [3.05, 3.63) is 29.8 Å². The summed E-state index contributed by atoms with van der Waals surface area (Å²) >= 11 is 0. The number of hydrogen-bond acceptors (Lipinski definition) is 2. The van der Waals surface area contributed by atoms with E-state index in [1.807, 2.05) is 0 Å². The Labute approximate surface area is 123 Å². The third-order valence-corrected chi connectivity index (χ3v) is 4.71. The monoisotopic (exact) mass is 275 g/mol. The van der Waals surface area contributed by atoms with Crippen LogP contribution in [0.1, 0.15) is 44.1 Å². The first-order valence-electron chi connectivity index (χ1n) is 8.11. The summed E-state index contributed by atoms with van der Waals surface area (Å²) in [5.74, 6) is 2.64. The van der Waals surface area contributed by atoms with E-state index in [0.29, 0.717) is 0 Å². The molecule has 1 aliphatic carbocycles. The van der Waals surface area contributed by atoms with Crippen molar-refractivity contribution in [3.63, 3.8) is 0 Å². The van der Waals surface area contributed by atoms with Gasteiger partial charge < -0.3 is 10.1 Å². The molecule has 0 aromatic heterocycles. The molecule has 1 unspecified atom stereocenters. The lowest BCUT2D eigenvalue weighted by Gasteiger charge is -2.27. The summed E-state index contributed by atoms with van der Waals surface area (Å²) in [4.78, 5) is 0. The lowest BCUT2D eigenvalue weighted by atomic mass is 9.82. The van der Waals surface area contributed by atoms with Crippen LogP contribution in [0.15, 0.2) is 24.3 Å². The number of rotatable bonds is 6. The molecule has 1 N–H and O–H groups in total. The highest BCUT2D eigenvalue weighted by Gasteiger charge is 2.23. The molecule has 2 rings (SSSR count). The highest BCUT2D eigenvalue weighted by atomic mass is 16.5. The Morgan fingerprint density at radius 3 is 2.50 bits per heavy atom. The average molecular weight is 275 g/mol. The minimum atomic E-state index is 0.731. The van der Waals surface area contributed by atoms with Gasteiger partial charge in [-0.25, -0.2) is 0 Å². The minimum Gasteiger partial charge on any atom is -0.496 e. The Morgan fingerprint density at radius 2 is 1.85 bits per heavy atom. The van der Waals surface area contributed by atoms with E-state index in [4.69, 9.17) is 4.74 Å². The lowest BCUT2D eigenvalue weighted by Crippen LogP contribution is -2.28. The first kappa shape index (κ1) is 15.4. The van der Waals surface area contributed by atoms with Gasteiger partial charge in [0.2, 0.25) is 0 Å². The maximum atomic E-state index is 5.52. The zero-order chi connectivity index (χ0) is 14.2. The Hall–Kier alpha value is -1.02. The summed E-state index contributed by atoms with van der Waals surface area (Å²) in [5.41, 5.74) is 1.36. The van der Waals surface area contributed by atoms with Crippen LogP contribution in [0.25, 0.3) is 0 Å². The van der Waals surface area contributed by atoms with Crippen LogP contribution in [0.2, 0.25) is 0 Å². The largest absolute Gasteiger partial charge is 0.496 e. The fourth-order valence-electron chi connectivity index (χ4n) is 3.60. The van der Waals surface area contributed by atoms with E-state index in [2.05, 4.69) is 36.6 Å². The van der Waals surface area contributed by atoms with Gasteiger partial charge in [-0.15, -0.1) is 0 Å². The van der Waals surface area contributed by atoms with Gasteiger partial charge in [0.05, 0.1) is 7.11 Å². The highest BCUT2D eigenvalue weighted by Crippen LogP contribution is 2.32. The van der Waals surface area contributed by atoms with E-state index in [1.165, 1.54) is 44.1 Å². The number of methoxy groups -OCH3 is 1. The number of nitrogens with one attached hydrogen (secondary N) is 1. The van der Waals surface area contributed by atoms with E-state index >= 15 is 0 Å². The number of benzene rings is 1. The fourth-order valence-corrected chi connectivity index (χ4v) is 3.60. The molecule has 2 nitrogen and oxygen atoms in total. The van der Waals surface area contributed by atoms with Gasteiger partial charge in [-0.05, 0) is 43.5 Å². The van der Waals surface area contributed by atoms with E-state index in [0.717, 1.165) is 30.6 Å². The molecule has 1 aromatic rings. The molecule has 0 radical (unpaired) electrons. The molecule has 0 saturated heterocycles. The maximum absolute atomic E-state index is 5.52. The first-order valence-corrected chi connectivity index (χ1v) is 8.11. The van der Waals surface area contributed by atoms with Crippen molar-refractivity contribution in [2.75, 3.05) is 20.7 Å². The Bertz CT molecular complexity index is 383. The van der Waals surface area contributed by atoms with Gasteiger partial charge in [-0.1, -0.05) is 56.7 Å². The van der Waals surface area contributed by atoms with Crippen LogP contribution in [0.4, 0.5) is 0 Å². The zero-order valence-electron chi connectivity index (χ0n) is 13.0. The second-order valence-corrected chi connectivity index (χ2v) is 6.09. The normalized spacial score (nSPS) is 18.5. The summed E-state index contributed by atoms with van der Waals surface area (Å²) in [7, 11) is 3.85. The lowest BCUT2D eigenvalue weighted by molar-refractivity contribution is 0.286. The first-order chi connectivity index (χ1) is 9.85. The SMILES string of the molecule is CNCC(Cc1ccccc1OC)C1CCCCCC1. The molecule has 1 fully saturated rings. The molecule has 0 aliphatic heterocycles. The van der Waals surface area contributed by atoms with E-state index in [-0.39, 0.29) is 0 Å². The Morgan fingerprint density at radius 1 is 1.15 bits per heavy atom. The standard InChI is InChI=1S/C18H29NO/c1-19-14-17(15-9-5-3-4-6-10-15)13-16-11-7-8-12-18(16)20-2/h7-8,11-12,15,17,19H,3-6,9-10,13-14H2,1-2H3. The Balaban J connectivity index is 2.07. The van der Waals surface area contributed by atoms with E-state index in [9.17, 15) is 0 Å².